The Morgan fingerprint density at radius 3 is 2.75 bits per heavy atom. The van der Waals surface area contributed by atoms with Crippen LogP contribution < -0.4 is 5.73 Å². The first-order valence-corrected chi connectivity index (χ1v) is 12.4. The quantitative estimate of drug-likeness (QED) is 0.270. The van der Waals surface area contributed by atoms with E-state index in [0.717, 1.165) is 41.9 Å². The molecule has 0 atom stereocenters. The van der Waals surface area contributed by atoms with E-state index in [0.29, 0.717) is 12.0 Å². The highest BCUT2D eigenvalue weighted by Gasteiger charge is 2.10. The first kappa shape index (κ1) is 22.6. The predicted octanol–water partition coefficient (Wildman–Crippen LogP) is 6.12. The Kier molecular flexibility index (Phi) is 7.63. The van der Waals surface area contributed by atoms with Crippen LogP contribution in [0, 0.1) is 5.82 Å². The highest BCUT2D eigenvalue weighted by atomic mass is 32.1. The molecule has 0 saturated carbocycles. The molecular weight excluding hydrogens is 443 g/mol. The Hall–Kier alpha value is -2.61. The van der Waals surface area contributed by atoms with Crippen LogP contribution >= 0.6 is 22.7 Å². The van der Waals surface area contributed by atoms with Crippen LogP contribution in [-0.2, 0) is 29.0 Å². The van der Waals surface area contributed by atoms with Crippen molar-refractivity contribution in [2.75, 3.05) is 6.61 Å². The minimum absolute atomic E-state index is 0.131. The fourth-order valence-electron chi connectivity index (χ4n) is 3.67. The lowest BCUT2D eigenvalue weighted by Gasteiger charge is -2.07. The first-order valence-electron chi connectivity index (χ1n) is 10.6. The minimum atomic E-state index is -0.511. The fraction of sp³-hybridized carbons (Fsp3) is 0.280. The number of thiophene rings is 1. The van der Waals surface area contributed by atoms with Gasteiger partial charge in [0.15, 0.2) is 0 Å². The number of carbonyl (C=O) groups excluding carboxylic acids is 1. The van der Waals surface area contributed by atoms with Crippen molar-refractivity contribution in [1.29, 1.82) is 0 Å². The third kappa shape index (κ3) is 5.79. The molecule has 4 rings (SSSR count). The Morgan fingerprint density at radius 2 is 1.88 bits per heavy atom. The van der Waals surface area contributed by atoms with Crippen molar-refractivity contribution in [2.24, 2.45) is 5.73 Å². The number of unbranched alkanes of at least 4 members (excludes halogenated alkanes) is 2. The van der Waals surface area contributed by atoms with E-state index in [1.54, 1.807) is 28.7 Å². The summed E-state index contributed by atoms with van der Waals surface area (Å²) >= 11 is 3.46. The number of rotatable bonds is 11. The van der Waals surface area contributed by atoms with Gasteiger partial charge in [-0.15, -0.1) is 22.7 Å². The zero-order valence-corrected chi connectivity index (χ0v) is 19.3. The molecular formula is C25H25FN2O2S2. The number of ether oxygens (including phenoxy) is 1. The summed E-state index contributed by atoms with van der Waals surface area (Å²) < 4.78 is 20.6. The average molecular weight is 469 g/mol. The SMILES string of the molecule is NC(=O)COCc1ccc(F)c(CCCCCc2csc(-c3csc4ccccc34)n2)c1. The molecule has 0 unspecified atom stereocenters. The molecule has 0 radical (unpaired) electrons. The number of nitrogens with zero attached hydrogens (tertiary/aromatic N) is 1. The lowest BCUT2D eigenvalue weighted by molar-refractivity contribution is -0.122. The first-order chi connectivity index (χ1) is 15.6. The number of amides is 1. The number of carbonyl (C=O) groups is 1. The molecule has 0 spiro atoms. The van der Waals surface area contributed by atoms with Gasteiger partial charge < -0.3 is 10.5 Å². The van der Waals surface area contributed by atoms with E-state index < -0.39 is 5.91 Å². The van der Waals surface area contributed by atoms with Crippen LogP contribution in [0.25, 0.3) is 20.7 Å². The molecule has 7 heteroatoms. The minimum Gasteiger partial charge on any atom is -0.368 e. The van der Waals surface area contributed by atoms with Crippen molar-refractivity contribution >= 4 is 38.7 Å². The number of aromatic nitrogens is 1. The number of hydrogen-bond acceptors (Lipinski definition) is 5. The second-order valence-corrected chi connectivity index (χ2v) is 9.50. The summed E-state index contributed by atoms with van der Waals surface area (Å²) in [5, 5.41) is 6.68. The summed E-state index contributed by atoms with van der Waals surface area (Å²) in [6, 6.07) is 13.4. The summed E-state index contributed by atoms with van der Waals surface area (Å²) in [4.78, 5) is 15.6. The van der Waals surface area contributed by atoms with Crippen molar-refractivity contribution < 1.29 is 13.9 Å². The molecule has 0 bridgehead atoms. The van der Waals surface area contributed by atoms with Crippen molar-refractivity contribution in [2.45, 2.75) is 38.7 Å². The van der Waals surface area contributed by atoms with Crippen LogP contribution in [-0.4, -0.2) is 17.5 Å². The fourth-order valence-corrected chi connectivity index (χ4v) is 5.57. The standard InChI is InChI=1S/C25H25FN2O2S2/c26-22-11-10-17(13-30-14-24(27)29)12-18(22)6-2-1-3-7-19-15-32-25(28-19)21-16-31-23-9-5-4-8-20(21)23/h4-5,8-12,15-16H,1-3,6-7,13-14H2,(H2,27,29). The van der Waals surface area contributed by atoms with Gasteiger partial charge in [0.2, 0.25) is 5.91 Å². The molecule has 166 valence electrons. The number of nitrogens with two attached hydrogens (primary N) is 1. The molecule has 2 heterocycles. The van der Waals surface area contributed by atoms with E-state index >= 15 is 0 Å². The highest BCUT2D eigenvalue weighted by Crippen LogP contribution is 2.35. The molecule has 2 aromatic carbocycles. The average Bonchev–Trinajstić information content (AvgIpc) is 3.42. The van der Waals surface area contributed by atoms with Crippen molar-refractivity contribution in [3.63, 3.8) is 0 Å². The predicted molar refractivity (Wildman–Crippen MR) is 129 cm³/mol. The number of benzene rings is 2. The molecule has 0 aliphatic carbocycles. The van der Waals surface area contributed by atoms with E-state index in [9.17, 15) is 9.18 Å². The van der Waals surface area contributed by atoms with Crippen LogP contribution in [0.3, 0.4) is 0 Å². The van der Waals surface area contributed by atoms with E-state index in [2.05, 4.69) is 35.0 Å². The number of fused-ring (bicyclic) bond motifs is 1. The highest BCUT2D eigenvalue weighted by molar-refractivity contribution is 7.18. The van der Waals surface area contributed by atoms with E-state index in [1.165, 1.54) is 21.7 Å². The summed E-state index contributed by atoms with van der Waals surface area (Å²) in [5.41, 5.74) is 8.94. The molecule has 2 aromatic heterocycles. The van der Waals surface area contributed by atoms with Gasteiger partial charge in [-0.05, 0) is 48.9 Å². The zero-order chi connectivity index (χ0) is 22.3. The van der Waals surface area contributed by atoms with Crippen molar-refractivity contribution in [3.8, 4) is 10.6 Å². The van der Waals surface area contributed by atoms with E-state index in [-0.39, 0.29) is 19.0 Å². The van der Waals surface area contributed by atoms with Gasteiger partial charge in [0.1, 0.15) is 17.4 Å². The van der Waals surface area contributed by atoms with Gasteiger partial charge in [-0.2, -0.15) is 0 Å². The molecule has 0 aliphatic heterocycles. The van der Waals surface area contributed by atoms with Crippen molar-refractivity contribution in [3.05, 3.63) is 75.9 Å². The van der Waals surface area contributed by atoms with Crippen LogP contribution in [0.1, 0.15) is 36.1 Å². The van der Waals surface area contributed by atoms with Crippen molar-refractivity contribution in [1.82, 2.24) is 4.98 Å². The van der Waals surface area contributed by atoms with E-state index in [4.69, 9.17) is 15.5 Å². The normalized spacial score (nSPS) is 11.3. The Morgan fingerprint density at radius 1 is 1.03 bits per heavy atom. The summed E-state index contributed by atoms with van der Waals surface area (Å²) in [7, 11) is 0. The van der Waals surface area contributed by atoms with Gasteiger partial charge >= 0.3 is 0 Å². The third-order valence-electron chi connectivity index (χ3n) is 5.27. The molecule has 0 fully saturated rings. The Bertz CT molecular complexity index is 1200. The van der Waals surface area contributed by atoms with Gasteiger partial charge in [0.25, 0.3) is 0 Å². The summed E-state index contributed by atoms with van der Waals surface area (Å²) in [5.74, 6) is -0.709. The molecule has 4 aromatic rings. The van der Waals surface area contributed by atoms with E-state index in [1.807, 2.05) is 6.07 Å². The van der Waals surface area contributed by atoms with Crippen LogP contribution in [0.2, 0.25) is 0 Å². The van der Waals surface area contributed by atoms with Crippen LogP contribution in [0.4, 0.5) is 4.39 Å². The zero-order valence-electron chi connectivity index (χ0n) is 17.7. The topological polar surface area (TPSA) is 65.2 Å². The monoisotopic (exact) mass is 468 g/mol. The number of thiazole rings is 1. The maximum atomic E-state index is 14.1. The van der Waals surface area contributed by atoms with Gasteiger partial charge in [-0.3, -0.25) is 4.79 Å². The molecule has 2 N–H and O–H groups in total. The maximum Gasteiger partial charge on any atom is 0.243 e. The Labute approximate surface area is 194 Å². The second-order valence-electron chi connectivity index (χ2n) is 7.74. The van der Waals surface area contributed by atoms with Crippen LogP contribution in [0.5, 0.6) is 0 Å². The molecule has 0 saturated heterocycles. The smallest absolute Gasteiger partial charge is 0.243 e. The number of aryl methyl sites for hydroxylation is 2. The van der Waals surface area contributed by atoms with Gasteiger partial charge in [0, 0.05) is 26.4 Å². The summed E-state index contributed by atoms with van der Waals surface area (Å²) in [6.45, 7) is 0.121. The number of primary amides is 1. The van der Waals surface area contributed by atoms with Gasteiger partial charge in [-0.25, -0.2) is 9.37 Å². The second kappa shape index (κ2) is 10.8. The largest absolute Gasteiger partial charge is 0.368 e. The maximum absolute atomic E-state index is 14.1. The molecule has 4 nitrogen and oxygen atoms in total. The van der Waals surface area contributed by atoms with Gasteiger partial charge in [0.05, 0.1) is 12.3 Å². The lowest BCUT2D eigenvalue weighted by atomic mass is 10.0. The number of halogens is 1. The molecule has 32 heavy (non-hydrogen) atoms. The lowest BCUT2D eigenvalue weighted by Crippen LogP contribution is -2.17. The van der Waals surface area contributed by atoms with Crippen LogP contribution in [0.15, 0.2) is 53.2 Å². The summed E-state index contributed by atoms with van der Waals surface area (Å²) in [6.07, 6.45) is 4.56. The molecule has 0 aliphatic rings. The number of hydrogen-bond donors (Lipinski definition) is 1. The third-order valence-corrected chi connectivity index (χ3v) is 7.15. The van der Waals surface area contributed by atoms with Gasteiger partial charge in [-0.1, -0.05) is 36.8 Å². The molecule has 1 amide bonds. The Balaban J connectivity index is 1.24.